The number of hydrogen-bond acceptors (Lipinski definition) is 2. The lowest BCUT2D eigenvalue weighted by Crippen LogP contribution is -2.34. The van der Waals surface area contributed by atoms with Gasteiger partial charge in [-0.1, -0.05) is 23.7 Å². The van der Waals surface area contributed by atoms with Crippen LogP contribution in [0.1, 0.15) is 23.2 Å². The van der Waals surface area contributed by atoms with E-state index in [0.717, 1.165) is 12.8 Å². The molecule has 0 spiro atoms. The zero-order valence-corrected chi connectivity index (χ0v) is 11.3. The summed E-state index contributed by atoms with van der Waals surface area (Å²) >= 11 is 5.93. The Balaban J connectivity index is 1.73. The summed E-state index contributed by atoms with van der Waals surface area (Å²) < 4.78 is 0. The summed E-state index contributed by atoms with van der Waals surface area (Å²) in [6.45, 7) is 0.874. The van der Waals surface area contributed by atoms with Gasteiger partial charge in [-0.2, -0.15) is 0 Å². The molecule has 2 rings (SSSR count). The van der Waals surface area contributed by atoms with E-state index in [1.54, 1.807) is 24.3 Å². The number of halogens is 1. The maximum absolute atomic E-state index is 11.8. The van der Waals surface area contributed by atoms with Gasteiger partial charge in [-0.05, 0) is 25.0 Å². The summed E-state index contributed by atoms with van der Waals surface area (Å²) in [6, 6.07) is 7.42. The minimum Gasteiger partial charge on any atom is -0.370 e. The number of rotatable bonds is 5. The molecule has 0 heterocycles. The summed E-state index contributed by atoms with van der Waals surface area (Å²) in [5.41, 5.74) is 6.14. The van der Waals surface area contributed by atoms with Gasteiger partial charge in [0.1, 0.15) is 0 Å². The highest BCUT2D eigenvalue weighted by Crippen LogP contribution is 2.18. The van der Waals surface area contributed by atoms with Crippen LogP contribution in [0.2, 0.25) is 5.02 Å². The van der Waals surface area contributed by atoms with Crippen molar-refractivity contribution in [1.29, 1.82) is 0 Å². The number of guanidine groups is 1. The highest BCUT2D eigenvalue weighted by atomic mass is 35.5. The molecule has 0 aliphatic heterocycles. The van der Waals surface area contributed by atoms with Crippen LogP contribution in [0.4, 0.5) is 0 Å². The van der Waals surface area contributed by atoms with Crippen molar-refractivity contribution < 1.29 is 4.79 Å². The molecular weight excluding hydrogens is 264 g/mol. The Morgan fingerprint density at radius 3 is 2.84 bits per heavy atom. The third kappa shape index (κ3) is 4.44. The molecule has 1 fully saturated rings. The lowest BCUT2D eigenvalue weighted by Gasteiger charge is -2.06. The fraction of sp³-hybridized carbons (Fsp3) is 0.385. The van der Waals surface area contributed by atoms with Gasteiger partial charge in [0, 0.05) is 12.6 Å². The summed E-state index contributed by atoms with van der Waals surface area (Å²) in [5.74, 6) is 0.240. The molecule has 19 heavy (non-hydrogen) atoms. The lowest BCUT2D eigenvalue weighted by atomic mass is 10.2. The standard InChI is InChI=1S/C13H17ClN4O/c14-11-4-2-1-3-10(11)12(19)16-7-8-17-13(15)18-9-5-6-9/h1-4,9H,5-8H2,(H,16,19)(H3,15,17,18). The van der Waals surface area contributed by atoms with Gasteiger partial charge < -0.3 is 16.4 Å². The number of benzene rings is 1. The Labute approximate surface area is 117 Å². The molecule has 6 heteroatoms. The van der Waals surface area contributed by atoms with Crippen LogP contribution < -0.4 is 16.4 Å². The van der Waals surface area contributed by atoms with Gasteiger partial charge in [0.2, 0.25) is 0 Å². The zero-order chi connectivity index (χ0) is 13.7. The molecule has 1 aromatic carbocycles. The van der Waals surface area contributed by atoms with Crippen molar-refractivity contribution in [2.24, 2.45) is 10.7 Å². The van der Waals surface area contributed by atoms with Crippen LogP contribution >= 0.6 is 11.6 Å². The first-order valence-electron chi connectivity index (χ1n) is 6.26. The van der Waals surface area contributed by atoms with Crippen LogP contribution in [0.3, 0.4) is 0 Å². The highest BCUT2D eigenvalue weighted by Gasteiger charge is 2.21. The Kier molecular flexibility index (Phi) is 4.63. The number of hydrogen-bond donors (Lipinski definition) is 3. The monoisotopic (exact) mass is 280 g/mol. The third-order valence-electron chi connectivity index (χ3n) is 2.73. The van der Waals surface area contributed by atoms with E-state index in [2.05, 4.69) is 15.6 Å². The van der Waals surface area contributed by atoms with E-state index < -0.39 is 0 Å². The number of nitrogens with zero attached hydrogens (tertiary/aromatic N) is 1. The maximum atomic E-state index is 11.8. The van der Waals surface area contributed by atoms with E-state index in [9.17, 15) is 4.79 Å². The zero-order valence-electron chi connectivity index (χ0n) is 10.5. The molecule has 0 aromatic heterocycles. The van der Waals surface area contributed by atoms with Gasteiger partial charge >= 0.3 is 0 Å². The van der Waals surface area contributed by atoms with Crippen LogP contribution in [-0.2, 0) is 0 Å². The Morgan fingerprint density at radius 1 is 1.42 bits per heavy atom. The second-order valence-electron chi connectivity index (χ2n) is 4.42. The number of nitrogens with two attached hydrogens (primary N) is 1. The van der Waals surface area contributed by atoms with E-state index in [1.807, 2.05) is 0 Å². The second kappa shape index (κ2) is 6.43. The molecule has 1 aromatic rings. The van der Waals surface area contributed by atoms with Crippen LogP contribution in [0, 0.1) is 0 Å². The van der Waals surface area contributed by atoms with Crippen LogP contribution in [0.15, 0.2) is 29.3 Å². The van der Waals surface area contributed by atoms with Gasteiger partial charge in [0.05, 0.1) is 17.1 Å². The number of amides is 1. The minimum atomic E-state index is -0.200. The van der Waals surface area contributed by atoms with Crippen molar-refractivity contribution in [2.45, 2.75) is 18.9 Å². The second-order valence-corrected chi connectivity index (χ2v) is 4.83. The van der Waals surface area contributed by atoms with Gasteiger partial charge in [-0.25, -0.2) is 0 Å². The summed E-state index contributed by atoms with van der Waals surface area (Å²) in [5, 5.41) is 6.27. The van der Waals surface area contributed by atoms with Crippen LogP contribution in [0.5, 0.6) is 0 Å². The quantitative estimate of drug-likeness (QED) is 0.430. The molecule has 0 atom stereocenters. The van der Waals surface area contributed by atoms with Gasteiger partial charge in [-0.15, -0.1) is 0 Å². The molecule has 1 saturated carbocycles. The summed E-state index contributed by atoms with van der Waals surface area (Å²) in [7, 11) is 0. The molecule has 102 valence electrons. The lowest BCUT2D eigenvalue weighted by molar-refractivity contribution is 0.0955. The predicted molar refractivity (Wildman–Crippen MR) is 76.4 cm³/mol. The number of carbonyl (C=O) groups excluding carboxylic acids is 1. The van der Waals surface area contributed by atoms with E-state index >= 15 is 0 Å². The van der Waals surface area contributed by atoms with Gasteiger partial charge in [-0.3, -0.25) is 9.79 Å². The summed E-state index contributed by atoms with van der Waals surface area (Å²) in [6.07, 6.45) is 2.30. The molecule has 1 aliphatic rings. The first-order valence-corrected chi connectivity index (χ1v) is 6.64. The fourth-order valence-corrected chi connectivity index (χ4v) is 1.79. The number of carbonyl (C=O) groups is 1. The maximum Gasteiger partial charge on any atom is 0.252 e. The van der Waals surface area contributed by atoms with E-state index in [1.165, 1.54) is 0 Å². The third-order valence-corrected chi connectivity index (χ3v) is 3.06. The molecule has 4 N–H and O–H groups in total. The normalized spacial score (nSPS) is 15.1. The van der Waals surface area contributed by atoms with E-state index in [0.29, 0.717) is 35.7 Å². The first-order chi connectivity index (χ1) is 9.16. The van der Waals surface area contributed by atoms with Crippen LogP contribution in [0.25, 0.3) is 0 Å². The minimum absolute atomic E-state index is 0.200. The highest BCUT2D eigenvalue weighted by molar-refractivity contribution is 6.33. The Bertz CT molecular complexity index is 485. The average Bonchev–Trinajstić information content (AvgIpc) is 3.19. The molecule has 0 saturated heterocycles. The molecule has 0 unspecified atom stereocenters. The first kappa shape index (κ1) is 13.7. The number of aliphatic imine (C=N–C) groups is 1. The van der Waals surface area contributed by atoms with Crippen molar-refractivity contribution in [3.63, 3.8) is 0 Å². The summed E-state index contributed by atoms with van der Waals surface area (Å²) in [4.78, 5) is 15.9. The molecular formula is C13H17ClN4O. The van der Waals surface area contributed by atoms with Crippen molar-refractivity contribution in [2.75, 3.05) is 13.1 Å². The van der Waals surface area contributed by atoms with Gasteiger partial charge in [0.25, 0.3) is 5.91 Å². The molecule has 0 radical (unpaired) electrons. The fourth-order valence-electron chi connectivity index (χ4n) is 1.57. The largest absolute Gasteiger partial charge is 0.370 e. The average molecular weight is 281 g/mol. The molecule has 0 bridgehead atoms. The topological polar surface area (TPSA) is 79.5 Å². The van der Waals surface area contributed by atoms with Crippen molar-refractivity contribution in [3.8, 4) is 0 Å². The smallest absolute Gasteiger partial charge is 0.252 e. The van der Waals surface area contributed by atoms with Crippen LogP contribution in [-0.4, -0.2) is 31.0 Å². The molecule has 1 amide bonds. The Morgan fingerprint density at radius 2 is 2.16 bits per heavy atom. The van der Waals surface area contributed by atoms with Crippen molar-refractivity contribution in [1.82, 2.24) is 10.6 Å². The Hall–Kier alpha value is -1.75. The predicted octanol–water partition coefficient (Wildman–Crippen LogP) is 1.14. The molecule has 5 nitrogen and oxygen atoms in total. The SMILES string of the molecule is NC(=NCCNC(=O)c1ccccc1Cl)NC1CC1. The van der Waals surface area contributed by atoms with Gasteiger partial charge in [0.15, 0.2) is 5.96 Å². The van der Waals surface area contributed by atoms with E-state index in [-0.39, 0.29) is 5.91 Å². The number of nitrogens with one attached hydrogen (secondary N) is 2. The molecule has 1 aliphatic carbocycles. The van der Waals surface area contributed by atoms with Crippen molar-refractivity contribution >= 4 is 23.5 Å². The van der Waals surface area contributed by atoms with E-state index in [4.69, 9.17) is 17.3 Å². The van der Waals surface area contributed by atoms with Crippen molar-refractivity contribution in [3.05, 3.63) is 34.9 Å².